The molecular weight excluding hydrogens is 500 g/mol. The van der Waals surface area contributed by atoms with Gasteiger partial charge in [-0.25, -0.2) is 4.39 Å². The number of nitrogens with zero attached hydrogens (tertiary/aromatic N) is 2. The second kappa shape index (κ2) is 9.90. The zero-order valence-corrected chi connectivity index (χ0v) is 20.2. The first-order valence-corrected chi connectivity index (χ1v) is 12.4. The van der Waals surface area contributed by atoms with E-state index in [-0.39, 0.29) is 29.3 Å². The molecule has 0 saturated heterocycles. The van der Waals surface area contributed by atoms with Crippen LogP contribution in [0.2, 0.25) is 10.0 Å². The van der Waals surface area contributed by atoms with Crippen LogP contribution in [0.4, 0.5) is 4.39 Å². The first-order valence-electron chi connectivity index (χ1n) is 10.8. The van der Waals surface area contributed by atoms with Crippen molar-refractivity contribution in [1.29, 1.82) is 0 Å². The Labute approximate surface area is 209 Å². The van der Waals surface area contributed by atoms with Crippen molar-refractivity contribution in [3.63, 3.8) is 0 Å². The lowest BCUT2D eigenvalue weighted by molar-refractivity contribution is 0.0900. The summed E-state index contributed by atoms with van der Waals surface area (Å²) in [5.41, 5.74) is 0.635. The van der Waals surface area contributed by atoms with Crippen LogP contribution in [0, 0.1) is 5.82 Å². The number of benzene rings is 2. The number of amides is 1. The van der Waals surface area contributed by atoms with Gasteiger partial charge in [0.25, 0.3) is 5.91 Å². The molecule has 1 aliphatic rings. The summed E-state index contributed by atoms with van der Waals surface area (Å²) in [7, 11) is 0. The summed E-state index contributed by atoms with van der Waals surface area (Å²) >= 11 is 13.2. The molecule has 1 aliphatic carbocycles. The van der Waals surface area contributed by atoms with Crippen molar-refractivity contribution in [3.05, 3.63) is 74.1 Å². The lowest BCUT2D eigenvalue weighted by Gasteiger charge is -2.27. The highest BCUT2D eigenvalue weighted by atomic mass is 35.5. The van der Waals surface area contributed by atoms with Crippen molar-refractivity contribution in [3.8, 4) is 5.75 Å². The Hall–Kier alpha value is -2.68. The second-order valence-electron chi connectivity index (χ2n) is 8.21. The fraction of sp³-hybridized carbons (Fsp3) is 0.292. The number of rotatable bonds is 6. The predicted molar refractivity (Wildman–Crippen MR) is 129 cm³/mol. The number of fused-ring (bicyclic) bond motifs is 1. The van der Waals surface area contributed by atoms with E-state index >= 15 is 0 Å². The number of carbonyl (C=O) groups excluding carboxylic acids is 1. The highest BCUT2D eigenvalue weighted by Crippen LogP contribution is 2.35. The van der Waals surface area contributed by atoms with Gasteiger partial charge in [0.2, 0.25) is 0 Å². The fourth-order valence-electron chi connectivity index (χ4n) is 4.07. The lowest BCUT2D eigenvalue weighted by atomic mass is 9.86. The molecule has 34 heavy (non-hydrogen) atoms. The highest BCUT2D eigenvalue weighted by molar-refractivity contribution is 7.11. The maximum atomic E-state index is 13.5. The molecule has 0 bridgehead atoms. The number of hydrogen-bond acceptors (Lipinski definition) is 6. The van der Waals surface area contributed by atoms with E-state index in [0.717, 1.165) is 41.1 Å². The normalized spacial score (nSPS) is 18.2. The smallest absolute Gasteiger partial charge is 0.287 e. The summed E-state index contributed by atoms with van der Waals surface area (Å²) in [4.78, 5) is 12.6. The monoisotopic (exact) mass is 519 g/mol. The van der Waals surface area contributed by atoms with Gasteiger partial charge in [-0.1, -0.05) is 34.5 Å². The molecule has 2 aromatic carbocycles. The molecule has 1 fully saturated rings. The zero-order valence-electron chi connectivity index (χ0n) is 17.9. The molecule has 1 N–H and O–H groups in total. The number of nitrogens with one attached hydrogen (secondary N) is 1. The molecule has 0 atom stereocenters. The molecule has 1 saturated carbocycles. The number of furan rings is 1. The maximum absolute atomic E-state index is 13.5. The largest absolute Gasteiger partial charge is 0.486 e. The Kier molecular flexibility index (Phi) is 6.72. The van der Waals surface area contributed by atoms with Crippen molar-refractivity contribution < 1.29 is 18.3 Å². The molecule has 6 nitrogen and oxygen atoms in total. The average molecular weight is 520 g/mol. The van der Waals surface area contributed by atoms with Crippen LogP contribution in [0.3, 0.4) is 0 Å². The van der Waals surface area contributed by atoms with Gasteiger partial charge in [-0.05, 0) is 62.1 Å². The summed E-state index contributed by atoms with van der Waals surface area (Å²) in [5.74, 6) is 0.229. The lowest BCUT2D eigenvalue weighted by Crippen LogP contribution is -2.37. The average Bonchev–Trinajstić information content (AvgIpc) is 3.47. The van der Waals surface area contributed by atoms with E-state index in [2.05, 4.69) is 15.5 Å². The van der Waals surface area contributed by atoms with Gasteiger partial charge in [-0.2, -0.15) is 0 Å². The van der Waals surface area contributed by atoms with Crippen LogP contribution in [0.25, 0.3) is 11.0 Å². The molecule has 0 spiro atoms. The van der Waals surface area contributed by atoms with Crippen molar-refractivity contribution in [1.82, 2.24) is 15.5 Å². The van der Waals surface area contributed by atoms with Crippen molar-refractivity contribution in [2.24, 2.45) is 0 Å². The Morgan fingerprint density at radius 2 is 1.94 bits per heavy atom. The van der Waals surface area contributed by atoms with E-state index in [1.807, 2.05) is 0 Å². The first kappa shape index (κ1) is 23.1. The van der Waals surface area contributed by atoms with Gasteiger partial charge < -0.3 is 14.5 Å². The third-order valence-corrected chi connectivity index (χ3v) is 7.45. The van der Waals surface area contributed by atoms with Gasteiger partial charge in [0, 0.05) is 28.4 Å². The van der Waals surface area contributed by atoms with Gasteiger partial charge in [0.1, 0.15) is 28.8 Å². The topological polar surface area (TPSA) is 77.2 Å². The van der Waals surface area contributed by atoms with Crippen LogP contribution >= 0.6 is 34.5 Å². The fourth-order valence-corrected chi connectivity index (χ4v) is 5.29. The minimum atomic E-state index is -0.523. The summed E-state index contributed by atoms with van der Waals surface area (Å²) in [6.07, 6.45) is 3.49. The standard InChI is InChI=1S/C24H20Cl2FN3O3S/c25-15-3-8-20-14(9-15)10-21(33-20)23(31)28-16-4-1-13(2-5-16)24-30-29-22(34-24)12-32-17-6-7-18(26)19(27)11-17/h3,6-11,13,16H,1-2,4-5,12H2,(H,28,31). The van der Waals surface area contributed by atoms with Crippen LogP contribution in [0.1, 0.15) is 52.2 Å². The SMILES string of the molecule is O=C(NC1CCC(c2nnc(COc3ccc(Cl)c(F)c3)s2)CC1)c1cc2cc(Cl)ccc2o1. The minimum absolute atomic E-state index is 0.0554. The van der Waals surface area contributed by atoms with Crippen LogP contribution in [-0.4, -0.2) is 22.1 Å². The maximum Gasteiger partial charge on any atom is 0.287 e. The number of halogens is 3. The Morgan fingerprint density at radius 3 is 2.74 bits per heavy atom. The van der Waals surface area contributed by atoms with E-state index < -0.39 is 5.82 Å². The molecule has 10 heteroatoms. The van der Waals surface area contributed by atoms with E-state index in [1.54, 1.807) is 30.3 Å². The highest BCUT2D eigenvalue weighted by Gasteiger charge is 2.27. The van der Waals surface area contributed by atoms with Gasteiger partial charge in [0.05, 0.1) is 5.02 Å². The Bertz CT molecular complexity index is 1330. The van der Waals surface area contributed by atoms with Gasteiger partial charge >= 0.3 is 0 Å². The van der Waals surface area contributed by atoms with E-state index in [9.17, 15) is 9.18 Å². The van der Waals surface area contributed by atoms with Crippen LogP contribution < -0.4 is 10.1 Å². The molecule has 2 aromatic heterocycles. The van der Waals surface area contributed by atoms with E-state index in [1.165, 1.54) is 23.5 Å². The molecule has 0 unspecified atom stereocenters. The van der Waals surface area contributed by atoms with Crippen LogP contribution in [0.5, 0.6) is 5.75 Å². The third-order valence-electron chi connectivity index (χ3n) is 5.85. The number of carbonyl (C=O) groups is 1. The first-order chi connectivity index (χ1) is 16.4. The van der Waals surface area contributed by atoms with Crippen LogP contribution in [0.15, 0.2) is 46.9 Å². The Morgan fingerprint density at radius 1 is 1.12 bits per heavy atom. The molecule has 5 rings (SSSR count). The zero-order chi connectivity index (χ0) is 23.7. The van der Waals surface area contributed by atoms with Gasteiger partial charge in [-0.3, -0.25) is 4.79 Å². The quantitative estimate of drug-likeness (QED) is 0.304. The third kappa shape index (κ3) is 5.19. The molecule has 0 aliphatic heterocycles. The van der Waals surface area contributed by atoms with Gasteiger partial charge in [0.15, 0.2) is 10.8 Å². The number of ether oxygens (including phenoxy) is 1. The molecular formula is C24H20Cl2FN3O3S. The summed E-state index contributed by atoms with van der Waals surface area (Å²) in [6.45, 7) is 0.215. The summed E-state index contributed by atoms with van der Waals surface area (Å²) in [5, 5.41) is 14.8. The molecule has 0 radical (unpaired) electrons. The summed E-state index contributed by atoms with van der Waals surface area (Å²) < 4.78 is 24.8. The number of aromatic nitrogens is 2. The second-order valence-corrected chi connectivity index (χ2v) is 10.2. The molecule has 4 aromatic rings. The van der Waals surface area contributed by atoms with E-state index in [0.29, 0.717) is 22.3 Å². The van der Waals surface area contributed by atoms with Crippen molar-refractivity contribution >= 4 is 51.4 Å². The minimum Gasteiger partial charge on any atom is -0.486 e. The van der Waals surface area contributed by atoms with Crippen molar-refractivity contribution in [2.45, 2.75) is 44.2 Å². The van der Waals surface area contributed by atoms with E-state index in [4.69, 9.17) is 32.4 Å². The van der Waals surface area contributed by atoms with Crippen LogP contribution in [-0.2, 0) is 6.61 Å². The van der Waals surface area contributed by atoms with Gasteiger partial charge in [-0.15, -0.1) is 10.2 Å². The molecule has 2 heterocycles. The molecule has 176 valence electrons. The predicted octanol–water partition coefficient (Wildman–Crippen LogP) is 6.77. The summed E-state index contributed by atoms with van der Waals surface area (Å²) in [6, 6.07) is 11.4. The van der Waals surface area contributed by atoms with Crippen molar-refractivity contribution in [2.75, 3.05) is 0 Å². The number of hydrogen-bond donors (Lipinski definition) is 1. The Balaban J connectivity index is 1.12. The molecule has 1 amide bonds.